The molecule has 2 unspecified atom stereocenters. The van der Waals surface area contributed by atoms with E-state index in [0.29, 0.717) is 6.04 Å². The summed E-state index contributed by atoms with van der Waals surface area (Å²) in [6, 6.07) is 0.648. The van der Waals surface area contributed by atoms with Gasteiger partial charge in [-0.2, -0.15) is 0 Å². The molecule has 1 heterocycles. The summed E-state index contributed by atoms with van der Waals surface area (Å²) in [7, 11) is 0. The zero-order valence-corrected chi connectivity index (χ0v) is 10.9. The van der Waals surface area contributed by atoms with Gasteiger partial charge in [-0.25, -0.2) is 0 Å². The van der Waals surface area contributed by atoms with Gasteiger partial charge in [0.1, 0.15) is 0 Å². The fourth-order valence-electron chi connectivity index (χ4n) is 2.14. The highest BCUT2D eigenvalue weighted by Crippen LogP contribution is 2.18. The molecule has 1 aliphatic heterocycles. The minimum Gasteiger partial charge on any atom is -0.313 e. The number of hydrogen-bond donors (Lipinski definition) is 1. The fraction of sp³-hybridized carbons (Fsp3) is 1.00. The minimum absolute atomic E-state index is 0.648. The molecule has 0 amide bonds. The molecule has 1 aliphatic rings. The maximum Gasteiger partial charge on any atom is 0.0107 e. The Balaban J connectivity index is 2.06. The van der Waals surface area contributed by atoms with Gasteiger partial charge in [-0.3, -0.25) is 0 Å². The van der Waals surface area contributed by atoms with Gasteiger partial charge in [0.25, 0.3) is 0 Å². The lowest BCUT2D eigenvalue weighted by Gasteiger charge is -2.20. The highest BCUT2D eigenvalue weighted by molar-refractivity contribution is 4.75. The van der Waals surface area contributed by atoms with Gasteiger partial charge in [0.15, 0.2) is 0 Å². The van der Waals surface area contributed by atoms with E-state index in [1.807, 2.05) is 0 Å². The molecule has 0 aromatic rings. The molecule has 1 fully saturated rings. The van der Waals surface area contributed by atoms with Crippen molar-refractivity contribution in [3.8, 4) is 0 Å². The van der Waals surface area contributed by atoms with Crippen LogP contribution < -0.4 is 5.32 Å². The summed E-state index contributed by atoms with van der Waals surface area (Å²) in [6.45, 7) is 14.2. The molecule has 0 aromatic heterocycles. The molecular weight excluding hydrogens is 184 g/mol. The Labute approximate surface area is 95.4 Å². The molecule has 1 rings (SSSR count). The number of nitrogens with one attached hydrogen (secondary N) is 1. The van der Waals surface area contributed by atoms with Crippen molar-refractivity contribution < 1.29 is 0 Å². The summed E-state index contributed by atoms with van der Waals surface area (Å²) in [5, 5.41) is 3.60. The number of nitrogens with zero attached hydrogens (tertiary/aromatic N) is 1. The van der Waals surface area contributed by atoms with Crippen LogP contribution >= 0.6 is 0 Å². The van der Waals surface area contributed by atoms with Crippen LogP contribution in [-0.2, 0) is 0 Å². The van der Waals surface area contributed by atoms with Crippen LogP contribution in [0.25, 0.3) is 0 Å². The summed E-state index contributed by atoms with van der Waals surface area (Å²) < 4.78 is 0. The maximum atomic E-state index is 3.60. The van der Waals surface area contributed by atoms with Crippen LogP contribution in [-0.4, -0.2) is 37.1 Å². The van der Waals surface area contributed by atoms with Crippen molar-refractivity contribution in [3.63, 3.8) is 0 Å². The molecule has 0 aromatic carbocycles. The maximum absolute atomic E-state index is 3.60. The van der Waals surface area contributed by atoms with Crippen molar-refractivity contribution in [2.24, 2.45) is 11.8 Å². The quantitative estimate of drug-likeness (QED) is 0.727. The SMILES string of the molecule is CCC1CCN(CCNC(C)C(C)C)C1. The van der Waals surface area contributed by atoms with Gasteiger partial charge < -0.3 is 10.2 Å². The second kappa shape index (κ2) is 6.49. The average Bonchev–Trinajstić information content (AvgIpc) is 2.65. The zero-order valence-electron chi connectivity index (χ0n) is 10.9. The van der Waals surface area contributed by atoms with Gasteiger partial charge >= 0.3 is 0 Å². The smallest absolute Gasteiger partial charge is 0.0107 e. The third kappa shape index (κ3) is 4.52. The van der Waals surface area contributed by atoms with Crippen molar-refractivity contribution in [3.05, 3.63) is 0 Å². The Morgan fingerprint density at radius 3 is 2.60 bits per heavy atom. The lowest BCUT2D eigenvalue weighted by atomic mass is 10.1. The van der Waals surface area contributed by atoms with E-state index in [1.54, 1.807) is 0 Å². The van der Waals surface area contributed by atoms with E-state index in [-0.39, 0.29) is 0 Å². The van der Waals surface area contributed by atoms with Crippen LogP contribution in [0, 0.1) is 11.8 Å². The second-order valence-electron chi connectivity index (χ2n) is 5.35. The number of likely N-dealkylation sites (tertiary alicyclic amines) is 1. The number of hydrogen-bond acceptors (Lipinski definition) is 2. The Bertz CT molecular complexity index is 168. The first-order valence-corrected chi connectivity index (χ1v) is 6.59. The zero-order chi connectivity index (χ0) is 11.3. The fourth-order valence-corrected chi connectivity index (χ4v) is 2.14. The van der Waals surface area contributed by atoms with Crippen molar-refractivity contribution in [1.82, 2.24) is 10.2 Å². The lowest BCUT2D eigenvalue weighted by molar-refractivity contribution is 0.306. The van der Waals surface area contributed by atoms with Gasteiger partial charge in [0.05, 0.1) is 0 Å². The Morgan fingerprint density at radius 1 is 1.33 bits per heavy atom. The minimum atomic E-state index is 0.648. The molecule has 0 aliphatic carbocycles. The van der Waals surface area contributed by atoms with E-state index in [9.17, 15) is 0 Å². The third-order valence-corrected chi connectivity index (χ3v) is 3.84. The molecule has 1 N–H and O–H groups in total. The molecule has 2 atom stereocenters. The summed E-state index contributed by atoms with van der Waals surface area (Å²) in [5.74, 6) is 1.71. The van der Waals surface area contributed by atoms with Crippen LogP contribution in [0.4, 0.5) is 0 Å². The molecule has 2 heteroatoms. The van der Waals surface area contributed by atoms with Crippen molar-refractivity contribution in [2.45, 2.75) is 46.6 Å². The topological polar surface area (TPSA) is 15.3 Å². The van der Waals surface area contributed by atoms with E-state index in [0.717, 1.165) is 18.4 Å². The molecule has 15 heavy (non-hydrogen) atoms. The highest BCUT2D eigenvalue weighted by atomic mass is 15.2. The Hall–Kier alpha value is -0.0800. The van der Waals surface area contributed by atoms with Gasteiger partial charge in [0, 0.05) is 25.7 Å². The van der Waals surface area contributed by atoms with Gasteiger partial charge in [0.2, 0.25) is 0 Å². The lowest BCUT2D eigenvalue weighted by Crippen LogP contribution is -2.37. The first-order chi connectivity index (χ1) is 7.13. The molecule has 0 saturated carbocycles. The van der Waals surface area contributed by atoms with Gasteiger partial charge in [-0.05, 0) is 31.7 Å². The predicted molar refractivity (Wildman–Crippen MR) is 67.1 cm³/mol. The summed E-state index contributed by atoms with van der Waals surface area (Å²) in [4.78, 5) is 2.61. The summed E-state index contributed by atoms with van der Waals surface area (Å²) >= 11 is 0. The van der Waals surface area contributed by atoms with Crippen LogP contribution in [0.5, 0.6) is 0 Å². The van der Waals surface area contributed by atoms with Crippen LogP contribution in [0.15, 0.2) is 0 Å². The first kappa shape index (κ1) is 13.0. The average molecular weight is 212 g/mol. The standard InChI is InChI=1S/C13H28N2/c1-5-13-6-8-15(10-13)9-7-14-12(4)11(2)3/h11-14H,5-10H2,1-4H3. The van der Waals surface area contributed by atoms with Crippen molar-refractivity contribution in [2.75, 3.05) is 26.2 Å². The van der Waals surface area contributed by atoms with Gasteiger partial charge in [-0.1, -0.05) is 27.2 Å². The third-order valence-electron chi connectivity index (χ3n) is 3.84. The van der Waals surface area contributed by atoms with Crippen LogP contribution in [0.2, 0.25) is 0 Å². The Kier molecular flexibility index (Phi) is 5.62. The summed E-state index contributed by atoms with van der Waals surface area (Å²) in [5.41, 5.74) is 0. The molecule has 2 nitrogen and oxygen atoms in total. The van der Waals surface area contributed by atoms with Crippen LogP contribution in [0.1, 0.15) is 40.5 Å². The normalized spacial score (nSPS) is 25.0. The molecule has 0 bridgehead atoms. The van der Waals surface area contributed by atoms with Gasteiger partial charge in [-0.15, -0.1) is 0 Å². The van der Waals surface area contributed by atoms with E-state index in [4.69, 9.17) is 0 Å². The largest absolute Gasteiger partial charge is 0.313 e. The van der Waals surface area contributed by atoms with E-state index in [2.05, 4.69) is 37.9 Å². The van der Waals surface area contributed by atoms with E-state index in [1.165, 1.54) is 32.5 Å². The molecule has 90 valence electrons. The van der Waals surface area contributed by atoms with E-state index < -0.39 is 0 Å². The van der Waals surface area contributed by atoms with E-state index >= 15 is 0 Å². The monoisotopic (exact) mass is 212 g/mol. The Morgan fingerprint density at radius 2 is 2.07 bits per heavy atom. The van der Waals surface area contributed by atoms with Crippen molar-refractivity contribution >= 4 is 0 Å². The summed E-state index contributed by atoms with van der Waals surface area (Å²) in [6.07, 6.45) is 2.77. The van der Waals surface area contributed by atoms with Crippen LogP contribution in [0.3, 0.4) is 0 Å². The molecule has 1 saturated heterocycles. The van der Waals surface area contributed by atoms with Crippen molar-refractivity contribution in [1.29, 1.82) is 0 Å². The molecular formula is C13H28N2. The molecule has 0 spiro atoms. The first-order valence-electron chi connectivity index (χ1n) is 6.59. The predicted octanol–water partition coefficient (Wildman–Crippen LogP) is 2.35. The number of rotatable bonds is 6. The highest BCUT2D eigenvalue weighted by Gasteiger charge is 2.20. The second-order valence-corrected chi connectivity index (χ2v) is 5.35. The molecule has 0 radical (unpaired) electrons.